The number of thiocarbonyl (C=S) groups is 1. The van der Waals surface area contributed by atoms with Gasteiger partial charge in [-0.25, -0.2) is 0 Å². The standard InChI is InChI=1S/C18H22N2S/c1-4-17(15-8-6-5-7-9-15)20-18(21)19-16-11-13(2)10-14(3)12-16/h5-12,17H,4H2,1-3H3,(H2,19,20,21)/t17-/m0/s1. The van der Waals surface area contributed by atoms with Crippen molar-refractivity contribution >= 4 is 23.0 Å². The molecule has 0 aliphatic carbocycles. The number of aryl methyl sites for hydroxylation is 2. The number of hydrogen-bond donors (Lipinski definition) is 2. The van der Waals surface area contributed by atoms with Crippen LogP contribution in [0.3, 0.4) is 0 Å². The van der Waals surface area contributed by atoms with E-state index in [2.05, 4.69) is 73.9 Å². The van der Waals surface area contributed by atoms with E-state index in [1.54, 1.807) is 0 Å². The third-order valence-corrected chi connectivity index (χ3v) is 3.61. The van der Waals surface area contributed by atoms with Crippen molar-refractivity contribution in [2.75, 3.05) is 5.32 Å². The zero-order valence-electron chi connectivity index (χ0n) is 12.8. The van der Waals surface area contributed by atoms with Crippen LogP contribution in [-0.2, 0) is 0 Å². The van der Waals surface area contributed by atoms with Crippen molar-refractivity contribution in [1.82, 2.24) is 5.32 Å². The average Bonchev–Trinajstić information content (AvgIpc) is 2.44. The van der Waals surface area contributed by atoms with Gasteiger partial charge in [0, 0.05) is 5.69 Å². The molecular formula is C18H22N2S. The quantitative estimate of drug-likeness (QED) is 0.797. The van der Waals surface area contributed by atoms with Crippen LogP contribution >= 0.6 is 12.2 Å². The summed E-state index contributed by atoms with van der Waals surface area (Å²) < 4.78 is 0. The molecule has 0 aromatic heterocycles. The minimum atomic E-state index is 0.233. The first-order chi connectivity index (χ1) is 10.1. The number of benzene rings is 2. The van der Waals surface area contributed by atoms with E-state index in [0.29, 0.717) is 5.11 Å². The molecule has 2 rings (SSSR count). The molecule has 0 radical (unpaired) electrons. The molecule has 2 aromatic rings. The molecule has 110 valence electrons. The van der Waals surface area contributed by atoms with Crippen molar-refractivity contribution in [1.29, 1.82) is 0 Å². The number of anilines is 1. The summed E-state index contributed by atoms with van der Waals surface area (Å²) in [5.41, 5.74) is 4.75. The van der Waals surface area contributed by atoms with E-state index in [1.807, 2.05) is 6.07 Å². The Morgan fingerprint density at radius 3 is 2.24 bits per heavy atom. The van der Waals surface area contributed by atoms with E-state index in [4.69, 9.17) is 12.2 Å². The minimum Gasteiger partial charge on any atom is -0.356 e. The lowest BCUT2D eigenvalue weighted by atomic mass is 10.1. The summed E-state index contributed by atoms with van der Waals surface area (Å²) in [6.45, 7) is 6.34. The predicted molar refractivity (Wildman–Crippen MR) is 94.7 cm³/mol. The highest BCUT2D eigenvalue weighted by atomic mass is 32.1. The summed E-state index contributed by atoms with van der Waals surface area (Å²) in [4.78, 5) is 0. The Hall–Kier alpha value is -1.87. The molecule has 0 unspecified atom stereocenters. The lowest BCUT2D eigenvalue weighted by Crippen LogP contribution is -2.32. The third kappa shape index (κ3) is 4.57. The van der Waals surface area contributed by atoms with Crippen LogP contribution in [0.2, 0.25) is 0 Å². The van der Waals surface area contributed by atoms with Gasteiger partial charge in [0.15, 0.2) is 5.11 Å². The lowest BCUT2D eigenvalue weighted by molar-refractivity contribution is 0.629. The Kier molecular flexibility index (Phi) is 5.34. The van der Waals surface area contributed by atoms with Gasteiger partial charge in [-0.2, -0.15) is 0 Å². The fraction of sp³-hybridized carbons (Fsp3) is 0.278. The molecule has 0 spiro atoms. The number of nitrogens with one attached hydrogen (secondary N) is 2. The first kappa shape index (κ1) is 15.5. The topological polar surface area (TPSA) is 24.1 Å². The molecule has 1 atom stereocenters. The molecule has 0 saturated carbocycles. The van der Waals surface area contributed by atoms with E-state index in [-0.39, 0.29) is 6.04 Å². The highest BCUT2D eigenvalue weighted by molar-refractivity contribution is 7.80. The van der Waals surface area contributed by atoms with Crippen molar-refractivity contribution in [3.63, 3.8) is 0 Å². The largest absolute Gasteiger partial charge is 0.356 e. The van der Waals surface area contributed by atoms with Gasteiger partial charge in [0.1, 0.15) is 0 Å². The normalized spacial score (nSPS) is 11.8. The summed E-state index contributed by atoms with van der Waals surface area (Å²) in [5, 5.41) is 7.33. The van der Waals surface area contributed by atoms with Crippen LogP contribution in [0.15, 0.2) is 48.5 Å². The van der Waals surface area contributed by atoms with Gasteiger partial charge in [-0.05, 0) is 61.3 Å². The average molecular weight is 298 g/mol. The summed E-state index contributed by atoms with van der Waals surface area (Å²) >= 11 is 5.44. The molecular weight excluding hydrogens is 276 g/mol. The van der Waals surface area contributed by atoms with Gasteiger partial charge >= 0.3 is 0 Å². The van der Waals surface area contributed by atoms with E-state index in [1.165, 1.54) is 16.7 Å². The van der Waals surface area contributed by atoms with Crippen LogP contribution in [0.1, 0.15) is 36.1 Å². The molecule has 0 saturated heterocycles. The van der Waals surface area contributed by atoms with Crippen molar-refractivity contribution in [2.45, 2.75) is 33.2 Å². The van der Waals surface area contributed by atoms with Gasteiger partial charge < -0.3 is 10.6 Å². The van der Waals surface area contributed by atoms with Crippen LogP contribution in [0.5, 0.6) is 0 Å². The van der Waals surface area contributed by atoms with Gasteiger partial charge in [0.05, 0.1) is 6.04 Å². The van der Waals surface area contributed by atoms with E-state index < -0.39 is 0 Å². The SMILES string of the molecule is CC[C@H](NC(=S)Nc1cc(C)cc(C)c1)c1ccccc1. The van der Waals surface area contributed by atoms with Gasteiger partial charge in [0.25, 0.3) is 0 Å². The van der Waals surface area contributed by atoms with Crippen molar-refractivity contribution in [3.8, 4) is 0 Å². The van der Waals surface area contributed by atoms with Gasteiger partial charge in [-0.3, -0.25) is 0 Å². The predicted octanol–water partition coefficient (Wildman–Crippen LogP) is 4.74. The molecule has 0 amide bonds. The molecule has 0 fully saturated rings. The van der Waals surface area contributed by atoms with Gasteiger partial charge in [-0.15, -0.1) is 0 Å². The smallest absolute Gasteiger partial charge is 0.171 e. The fourth-order valence-corrected chi connectivity index (χ4v) is 2.74. The summed E-state index contributed by atoms with van der Waals surface area (Å²) in [6, 6.07) is 17.0. The minimum absolute atomic E-state index is 0.233. The summed E-state index contributed by atoms with van der Waals surface area (Å²) in [6.07, 6.45) is 0.985. The second-order valence-corrected chi connectivity index (χ2v) is 5.75. The van der Waals surface area contributed by atoms with Gasteiger partial charge in [-0.1, -0.05) is 43.3 Å². The zero-order valence-corrected chi connectivity index (χ0v) is 13.6. The zero-order chi connectivity index (χ0) is 15.2. The Morgan fingerprint density at radius 2 is 1.67 bits per heavy atom. The first-order valence-electron chi connectivity index (χ1n) is 7.29. The first-order valence-corrected chi connectivity index (χ1v) is 7.70. The van der Waals surface area contributed by atoms with Crippen LogP contribution in [0.4, 0.5) is 5.69 Å². The Bertz CT molecular complexity index is 588. The monoisotopic (exact) mass is 298 g/mol. The van der Waals surface area contributed by atoms with E-state index in [0.717, 1.165) is 12.1 Å². The van der Waals surface area contributed by atoms with Crippen LogP contribution in [-0.4, -0.2) is 5.11 Å². The molecule has 0 aliphatic heterocycles. The number of hydrogen-bond acceptors (Lipinski definition) is 1. The lowest BCUT2D eigenvalue weighted by Gasteiger charge is -2.20. The second kappa shape index (κ2) is 7.23. The molecule has 3 heteroatoms. The van der Waals surface area contributed by atoms with Crippen LogP contribution in [0.25, 0.3) is 0 Å². The van der Waals surface area contributed by atoms with E-state index in [9.17, 15) is 0 Å². The number of rotatable bonds is 4. The van der Waals surface area contributed by atoms with Crippen molar-refractivity contribution in [2.24, 2.45) is 0 Å². The maximum absolute atomic E-state index is 5.44. The molecule has 0 aliphatic rings. The summed E-state index contributed by atoms with van der Waals surface area (Å²) in [7, 11) is 0. The highest BCUT2D eigenvalue weighted by Crippen LogP contribution is 2.17. The summed E-state index contributed by atoms with van der Waals surface area (Å²) in [5.74, 6) is 0. The van der Waals surface area contributed by atoms with Crippen molar-refractivity contribution < 1.29 is 0 Å². The molecule has 21 heavy (non-hydrogen) atoms. The Balaban J connectivity index is 2.03. The highest BCUT2D eigenvalue weighted by Gasteiger charge is 2.10. The molecule has 2 N–H and O–H groups in total. The fourth-order valence-electron chi connectivity index (χ4n) is 2.48. The van der Waals surface area contributed by atoms with Crippen LogP contribution in [0, 0.1) is 13.8 Å². The maximum atomic E-state index is 5.44. The van der Waals surface area contributed by atoms with E-state index >= 15 is 0 Å². The molecule has 2 aromatic carbocycles. The Morgan fingerprint density at radius 1 is 1.05 bits per heavy atom. The van der Waals surface area contributed by atoms with Crippen LogP contribution < -0.4 is 10.6 Å². The Labute approximate surface area is 132 Å². The van der Waals surface area contributed by atoms with Crippen molar-refractivity contribution in [3.05, 3.63) is 65.2 Å². The second-order valence-electron chi connectivity index (χ2n) is 5.35. The third-order valence-electron chi connectivity index (χ3n) is 3.40. The molecule has 0 heterocycles. The molecule has 2 nitrogen and oxygen atoms in total. The maximum Gasteiger partial charge on any atom is 0.171 e. The molecule has 0 bridgehead atoms. The van der Waals surface area contributed by atoms with Gasteiger partial charge in [0.2, 0.25) is 0 Å².